The number of phenols is 4. The molecule has 12 nitrogen and oxygen atoms in total. The molecule has 0 spiro atoms. The van der Waals surface area contributed by atoms with Gasteiger partial charge in [-0.15, -0.1) is 0 Å². The van der Waals surface area contributed by atoms with Gasteiger partial charge in [0, 0.05) is 0 Å². The minimum atomic E-state index is -1.48. The normalized spacial score (nSPS) is 14.5. The SMILES string of the molecule is N[C@H](C(=O)O)[C@@H](O)c1ccc(O)c(O)c1.N[C@H](C(=O)O)[C@@H](O)c1ccc(O)c(O)c1. The van der Waals surface area contributed by atoms with Crippen molar-refractivity contribution in [1.82, 2.24) is 0 Å². The Morgan fingerprint density at radius 2 is 0.933 bits per heavy atom. The van der Waals surface area contributed by atoms with Crippen LogP contribution >= 0.6 is 0 Å². The van der Waals surface area contributed by atoms with E-state index in [4.69, 9.17) is 42.1 Å². The number of carboxylic acids is 2. The van der Waals surface area contributed by atoms with E-state index in [0.29, 0.717) is 0 Å². The van der Waals surface area contributed by atoms with Gasteiger partial charge < -0.3 is 52.3 Å². The predicted molar refractivity (Wildman–Crippen MR) is 101 cm³/mol. The van der Waals surface area contributed by atoms with Gasteiger partial charge in [0.25, 0.3) is 0 Å². The fraction of sp³-hybridized carbons (Fsp3) is 0.222. The average Bonchev–Trinajstić information content (AvgIpc) is 2.70. The second-order valence-electron chi connectivity index (χ2n) is 6.11. The van der Waals surface area contributed by atoms with Gasteiger partial charge in [-0.25, -0.2) is 0 Å². The lowest BCUT2D eigenvalue weighted by Crippen LogP contribution is -2.36. The van der Waals surface area contributed by atoms with Crippen molar-refractivity contribution in [2.45, 2.75) is 24.3 Å². The van der Waals surface area contributed by atoms with Crippen molar-refractivity contribution in [3.63, 3.8) is 0 Å². The molecule has 0 heterocycles. The van der Waals surface area contributed by atoms with Crippen molar-refractivity contribution in [2.24, 2.45) is 11.5 Å². The summed E-state index contributed by atoms with van der Waals surface area (Å²) in [4.78, 5) is 20.9. The molecule has 30 heavy (non-hydrogen) atoms. The Bertz CT molecular complexity index is 831. The maximum absolute atomic E-state index is 10.5. The molecule has 2 rings (SSSR count). The number of aliphatic carboxylic acids is 2. The van der Waals surface area contributed by atoms with Gasteiger partial charge in [-0.3, -0.25) is 9.59 Å². The zero-order valence-corrected chi connectivity index (χ0v) is 15.3. The Morgan fingerprint density at radius 1 is 0.633 bits per heavy atom. The van der Waals surface area contributed by atoms with Crippen molar-refractivity contribution >= 4 is 11.9 Å². The molecule has 0 radical (unpaired) electrons. The highest BCUT2D eigenvalue weighted by Crippen LogP contribution is 2.29. The van der Waals surface area contributed by atoms with Crippen molar-refractivity contribution in [1.29, 1.82) is 0 Å². The summed E-state index contributed by atoms with van der Waals surface area (Å²) < 4.78 is 0. The zero-order valence-electron chi connectivity index (χ0n) is 15.3. The third-order valence-electron chi connectivity index (χ3n) is 3.93. The summed E-state index contributed by atoms with van der Waals surface area (Å²) in [6, 6.07) is 4.00. The monoisotopic (exact) mass is 426 g/mol. The fourth-order valence-corrected chi connectivity index (χ4v) is 2.13. The minimum Gasteiger partial charge on any atom is -0.504 e. The van der Waals surface area contributed by atoms with Crippen LogP contribution in [0.15, 0.2) is 36.4 Å². The van der Waals surface area contributed by atoms with E-state index in [-0.39, 0.29) is 22.6 Å². The third kappa shape index (κ3) is 6.22. The highest BCUT2D eigenvalue weighted by atomic mass is 16.4. The van der Waals surface area contributed by atoms with E-state index >= 15 is 0 Å². The lowest BCUT2D eigenvalue weighted by molar-refractivity contribution is -0.142. The maximum Gasteiger partial charge on any atom is 0.323 e. The molecule has 0 aliphatic rings. The first-order valence-corrected chi connectivity index (χ1v) is 8.23. The largest absolute Gasteiger partial charge is 0.504 e. The number of carbonyl (C=O) groups is 2. The number of aromatic hydroxyl groups is 4. The summed E-state index contributed by atoms with van der Waals surface area (Å²) in [5.41, 5.74) is 10.6. The first kappa shape index (κ1) is 24.5. The molecule has 12 N–H and O–H groups in total. The van der Waals surface area contributed by atoms with Gasteiger partial charge in [-0.1, -0.05) is 12.1 Å². The lowest BCUT2D eigenvalue weighted by atomic mass is 10.0. The van der Waals surface area contributed by atoms with Crippen LogP contribution in [0.25, 0.3) is 0 Å². The van der Waals surface area contributed by atoms with Gasteiger partial charge in [0.2, 0.25) is 0 Å². The number of hydrogen-bond acceptors (Lipinski definition) is 10. The minimum absolute atomic E-state index is 0.125. The summed E-state index contributed by atoms with van der Waals surface area (Å²) in [7, 11) is 0. The van der Waals surface area contributed by atoms with Crippen LogP contribution in [-0.2, 0) is 9.59 Å². The fourth-order valence-electron chi connectivity index (χ4n) is 2.13. The Labute approximate surface area is 169 Å². The highest BCUT2D eigenvalue weighted by Gasteiger charge is 2.25. The van der Waals surface area contributed by atoms with Crippen LogP contribution in [0.5, 0.6) is 23.0 Å². The predicted octanol–water partition coefficient (Wildman–Crippen LogP) is -0.914. The number of benzene rings is 2. The van der Waals surface area contributed by atoms with E-state index in [9.17, 15) is 19.8 Å². The molecular formula is C18H22N2O10. The van der Waals surface area contributed by atoms with Crippen molar-refractivity contribution in [3.8, 4) is 23.0 Å². The quantitative estimate of drug-likeness (QED) is 0.252. The Hall–Kier alpha value is -3.58. The van der Waals surface area contributed by atoms with Gasteiger partial charge in [-0.05, 0) is 35.4 Å². The summed E-state index contributed by atoms with van der Waals surface area (Å²) in [6.07, 6.45) is -2.87. The van der Waals surface area contributed by atoms with Gasteiger partial charge in [-0.2, -0.15) is 0 Å². The Balaban J connectivity index is 0.000000300. The molecule has 0 unspecified atom stereocenters. The second kappa shape index (κ2) is 10.3. The molecule has 0 fully saturated rings. The number of phenolic OH excluding ortho intramolecular Hbond substituents is 4. The Kier molecular flexibility index (Phi) is 8.37. The lowest BCUT2D eigenvalue weighted by Gasteiger charge is -2.15. The van der Waals surface area contributed by atoms with E-state index in [1.165, 1.54) is 12.1 Å². The molecule has 0 aromatic heterocycles. The number of rotatable bonds is 6. The number of carboxylic acid groups (broad SMARTS) is 2. The van der Waals surface area contributed by atoms with E-state index in [1.807, 2.05) is 0 Å². The number of aliphatic hydroxyl groups is 2. The molecule has 0 bridgehead atoms. The standard InChI is InChI=1S/2C9H11NO5/c2*10-7(9(14)15)8(13)4-1-2-5(11)6(12)3-4/h2*1-3,7-8,11-13H,10H2,(H,14,15)/t2*7-,8-/m00/s1. The molecule has 0 aliphatic heterocycles. The molecule has 0 saturated carbocycles. The summed E-state index contributed by atoms with van der Waals surface area (Å²) in [5, 5.41) is 72.3. The summed E-state index contributed by atoms with van der Waals surface area (Å²) in [6.45, 7) is 0. The van der Waals surface area contributed by atoms with Crippen LogP contribution in [0.1, 0.15) is 23.3 Å². The summed E-state index contributed by atoms with van der Waals surface area (Å²) >= 11 is 0. The third-order valence-corrected chi connectivity index (χ3v) is 3.93. The first-order valence-electron chi connectivity index (χ1n) is 8.23. The molecule has 2 aromatic rings. The molecule has 12 heteroatoms. The van der Waals surface area contributed by atoms with Gasteiger partial charge in [0.15, 0.2) is 23.0 Å². The Morgan fingerprint density at radius 3 is 1.17 bits per heavy atom. The van der Waals surface area contributed by atoms with Crippen molar-refractivity contribution < 1.29 is 50.4 Å². The highest BCUT2D eigenvalue weighted by molar-refractivity contribution is 5.74. The number of hydrogen-bond donors (Lipinski definition) is 10. The topological polar surface area (TPSA) is 248 Å². The van der Waals surface area contributed by atoms with Crippen LogP contribution in [0.4, 0.5) is 0 Å². The second-order valence-corrected chi connectivity index (χ2v) is 6.11. The van der Waals surface area contributed by atoms with Crippen LogP contribution in [0.2, 0.25) is 0 Å². The van der Waals surface area contributed by atoms with Crippen LogP contribution in [0, 0.1) is 0 Å². The first-order chi connectivity index (χ1) is 13.9. The van der Waals surface area contributed by atoms with Crippen LogP contribution < -0.4 is 11.5 Å². The maximum atomic E-state index is 10.5. The van der Waals surface area contributed by atoms with Gasteiger partial charge in [0.05, 0.1) is 0 Å². The van der Waals surface area contributed by atoms with Gasteiger partial charge >= 0.3 is 11.9 Å². The average molecular weight is 426 g/mol. The van der Waals surface area contributed by atoms with Crippen molar-refractivity contribution in [2.75, 3.05) is 0 Å². The molecular weight excluding hydrogens is 404 g/mol. The van der Waals surface area contributed by atoms with Crippen molar-refractivity contribution in [3.05, 3.63) is 47.5 Å². The molecule has 2 aromatic carbocycles. The molecule has 0 saturated heterocycles. The van der Waals surface area contributed by atoms with E-state index in [2.05, 4.69) is 0 Å². The van der Waals surface area contributed by atoms with Crippen LogP contribution in [-0.4, -0.2) is 64.9 Å². The molecule has 4 atom stereocenters. The smallest absolute Gasteiger partial charge is 0.323 e. The number of nitrogens with two attached hydrogens (primary N) is 2. The van der Waals surface area contributed by atoms with E-state index in [0.717, 1.165) is 24.3 Å². The van der Waals surface area contributed by atoms with Crippen LogP contribution in [0.3, 0.4) is 0 Å². The van der Waals surface area contributed by atoms with E-state index < -0.39 is 47.7 Å². The molecule has 0 amide bonds. The van der Waals surface area contributed by atoms with E-state index in [1.54, 1.807) is 0 Å². The number of aliphatic hydroxyl groups excluding tert-OH is 2. The zero-order chi connectivity index (χ0) is 23.2. The molecule has 0 aliphatic carbocycles. The molecule has 164 valence electrons. The van der Waals surface area contributed by atoms with Gasteiger partial charge in [0.1, 0.15) is 24.3 Å². The summed E-state index contributed by atoms with van der Waals surface area (Å²) in [5.74, 6) is -4.29.